The largest absolute Gasteiger partial charge is 0.345 e. The molecule has 0 saturated heterocycles. The standard InChI is InChI=1S/C19H16Cl2N6O4S/c1-26-16(9-22-18(29)12-4-2-3-5-13(12)20)24-25-19(26)32-10-17(28)23-15-8-11(27(30)31)6-7-14(15)21/h2-8H,9-10H2,1H3,(H,22,29)(H,23,28). The number of thioether (sulfide) groups is 1. The number of aromatic nitrogens is 3. The first-order chi connectivity index (χ1) is 15.3. The predicted molar refractivity (Wildman–Crippen MR) is 121 cm³/mol. The Hall–Kier alpha value is -3.15. The molecule has 2 amide bonds. The van der Waals surface area contributed by atoms with E-state index in [1.54, 1.807) is 35.9 Å². The number of carbonyl (C=O) groups excluding carboxylic acids is 2. The molecule has 10 nitrogen and oxygen atoms in total. The topological polar surface area (TPSA) is 132 Å². The number of nitrogens with one attached hydrogen (secondary N) is 2. The van der Waals surface area contributed by atoms with Crippen LogP contribution < -0.4 is 10.6 Å². The van der Waals surface area contributed by atoms with Gasteiger partial charge >= 0.3 is 0 Å². The van der Waals surface area contributed by atoms with E-state index in [4.69, 9.17) is 23.2 Å². The van der Waals surface area contributed by atoms with Crippen LogP contribution in [0.25, 0.3) is 0 Å². The number of anilines is 1. The molecule has 0 fully saturated rings. The summed E-state index contributed by atoms with van der Waals surface area (Å²) in [4.78, 5) is 34.8. The highest BCUT2D eigenvalue weighted by Gasteiger charge is 2.16. The number of hydrogen-bond donors (Lipinski definition) is 2. The fourth-order valence-electron chi connectivity index (χ4n) is 2.56. The molecule has 3 rings (SSSR count). The van der Waals surface area contributed by atoms with Gasteiger partial charge in [0, 0.05) is 19.2 Å². The number of benzene rings is 2. The average molecular weight is 495 g/mol. The zero-order valence-corrected chi connectivity index (χ0v) is 18.9. The first-order valence-corrected chi connectivity index (χ1v) is 10.8. The molecule has 0 aliphatic heterocycles. The van der Waals surface area contributed by atoms with E-state index < -0.39 is 10.8 Å². The summed E-state index contributed by atoms with van der Waals surface area (Å²) in [5.41, 5.74) is 0.309. The van der Waals surface area contributed by atoms with Crippen molar-refractivity contribution in [2.45, 2.75) is 11.7 Å². The molecule has 0 bridgehead atoms. The van der Waals surface area contributed by atoms with Crippen LogP contribution in [0.1, 0.15) is 16.2 Å². The lowest BCUT2D eigenvalue weighted by Gasteiger charge is -2.08. The molecular weight excluding hydrogens is 479 g/mol. The number of carbonyl (C=O) groups is 2. The van der Waals surface area contributed by atoms with Crippen molar-refractivity contribution in [2.24, 2.45) is 7.05 Å². The summed E-state index contributed by atoms with van der Waals surface area (Å²) in [5.74, 6) is -0.318. The molecule has 0 aliphatic carbocycles. The Morgan fingerprint density at radius 3 is 2.62 bits per heavy atom. The van der Waals surface area contributed by atoms with Crippen molar-refractivity contribution >= 4 is 58.2 Å². The summed E-state index contributed by atoms with van der Waals surface area (Å²) >= 11 is 13.1. The summed E-state index contributed by atoms with van der Waals surface area (Å²) in [5, 5.41) is 25.2. The summed E-state index contributed by atoms with van der Waals surface area (Å²) in [6.07, 6.45) is 0. The van der Waals surface area contributed by atoms with Crippen molar-refractivity contribution in [3.8, 4) is 0 Å². The van der Waals surface area contributed by atoms with Gasteiger partial charge in [0.15, 0.2) is 11.0 Å². The van der Waals surface area contributed by atoms with E-state index in [0.29, 0.717) is 21.6 Å². The summed E-state index contributed by atoms with van der Waals surface area (Å²) < 4.78 is 1.64. The van der Waals surface area contributed by atoms with E-state index in [1.807, 2.05) is 0 Å². The van der Waals surface area contributed by atoms with Crippen LogP contribution in [0.2, 0.25) is 10.0 Å². The Kier molecular flexibility index (Phi) is 7.67. The second kappa shape index (κ2) is 10.4. The van der Waals surface area contributed by atoms with E-state index >= 15 is 0 Å². The minimum atomic E-state index is -0.577. The van der Waals surface area contributed by atoms with E-state index in [9.17, 15) is 19.7 Å². The Bertz CT molecular complexity index is 1190. The monoisotopic (exact) mass is 494 g/mol. The highest BCUT2D eigenvalue weighted by Crippen LogP contribution is 2.27. The molecule has 0 spiro atoms. The maximum Gasteiger partial charge on any atom is 0.271 e. The summed E-state index contributed by atoms with van der Waals surface area (Å²) in [7, 11) is 1.70. The Morgan fingerprint density at radius 1 is 1.16 bits per heavy atom. The maximum absolute atomic E-state index is 12.3. The molecule has 13 heteroatoms. The van der Waals surface area contributed by atoms with Crippen molar-refractivity contribution < 1.29 is 14.5 Å². The maximum atomic E-state index is 12.3. The minimum absolute atomic E-state index is 0.0308. The van der Waals surface area contributed by atoms with Crippen molar-refractivity contribution in [1.82, 2.24) is 20.1 Å². The van der Waals surface area contributed by atoms with Crippen molar-refractivity contribution in [3.63, 3.8) is 0 Å². The predicted octanol–water partition coefficient (Wildman–Crippen LogP) is 3.69. The second-order valence-corrected chi connectivity index (χ2v) is 8.14. The number of rotatable bonds is 8. The molecule has 1 aromatic heterocycles. The molecule has 166 valence electrons. The highest BCUT2D eigenvalue weighted by atomic mass is 35.5. The zero-order valence-electron chi connectivity index (χ0n) is 16.5. The SMILES string of the molecule is Cn1c(CNC(=O)c2ccccc2Cl)nnc1SCC(=O)Nc1cc([N+](=O)[O-])ccc1Cl. The number of non-ortho nitro benzene ring substituents is 1. The van der Waals surface area contributed by atoms with Crippen LogP contribution in [0.3, 0.4) is 0 Å². The van der Waals surface area contributed by atoms with Crippen LogP contribution in [-0.4, -0.2) is 37.3 Å². The molecule has 0 aliphatic rings. The van der Waals surface area contributed by atoms with Crippen LogP contribution in [-0.2, 0) is 18.4 Å². The summed E-state index contributed by atoms with van der Waals surface area (Å²) in [6, 6.07) is 10.5. The molecule has 0 unspecified atom stereocenters. The smallest absolute Gasteiger partial charge is 0.271 e. The molecular formula is C19H16Cl2N6O4S. The van der Waals surface area contributed by atoms with Crippen molar-refractivity contribution in [3.05, 3.63) is 74.0 Å². The normalized spacial score (nSPS) is 10.6. The van der Waals surface area contributed by atoms with Gasteiger partial charge in [-0.25, -0.2) is 0 Å². The van der Waals surface area contributed by atoms with E-state index in [2.05, 4.69) is 20.8 Å². The lowest BCUT2D eigenvalue weighted by molar-refractivity contribution is -0.384. The number of nitrogens with zero attached hydrogens (tertiary/aromatic N) is 4. The van der Waals surface area contributed by atoms with Crippen LogP contribution in [0.15, 0.2) is 47.6 Å². The molecule has 3 aromatic rings. The zero-order chi connectivity index (χ0) is 23.3. The van der Waals surface area contributed by atoms with Gasteiger partial charge < -0.3 is 15.2 Å². The van der Waals surface area contributed by atoms with E-state index in [-0.39, 0.29) is 34.6 Å². The molecule has 2 N–H and O–H groups in total. The van der Waals surface area contributed by atoms with Gasteiger partial charge in [-0.1, -0.05) is 47.1 Å². The van der Waals surface area contributed by atoms with Crippen molar-refractivity contribution in [2.75, 3.05) is 11.1 Å². The first kappa shape index (κ1) is 23.5. The number of nitro benzene ring substituents is 1. The lowest BCUT2D eigenvalue weighted by Crippen LogP contribution is -2.24. The Balaban J connectivity index is 1.56. The fraction of sp³-hybridized carbons (Fsp3) is 0.158. The van der Waals surface area contributed by atoms with Gasteiger partial charge in [0.25, 0.3) is 11.6 Å². The number of nitro groups is 1. The van der Waals surface area contributed by atoms with Gasteiger partial charge in [0.2, 0.25) is 5.91 Å². The molecule has 32 heavy (non-hydrogen) atoms. The van der Waals surface area contributed by atoms with Gasteiger partial charge in [-0.05, 0) is 18.2 Å². The highest BCUT2D eigenvalue weighted by molar-refractivity contribution is 7.99. The van der Waals surface area contributed by atoms with Crippen molar-refractivity contribution in [1.29, 1.82) is 0 Å². The van der Waals surface area contributed by atoms with Crippen LogP contribution in [0, 0.1) is 10.1 Å². The van der Waals surface area contributed by atoms with Gasteiger partial charge in [-0.3, -0.25) is 19.7 Å². The van der Waals surface area contributed by atoms with Gasteiger partial charge in [0.05, 0.1) is 38.5 Å². The third-order valence-electron chi connectivity index (χ3n) is 4.22. The second-order valence-electron chi connectivity index (χ2n) is 6.38. The molecule has 0 atom stereocenters. The minimum Gasteiger partial charge on any atom is -0.345 e. The van der Waals surface area contributed by atoms with Gasteiger partial charge in [0.1, 0.15) is 0 Å². The summed E-state index contributed by atoms with van der Waals surface area (Å²) in [6.45, 7) is 0.115. The van der Waals surface area contributed by atoms with E-state index in [0.717, 1.165) is 11.8 Å². The third-order valence-corrected chi connectivity index (χ3v) is 5.90. The molecule has 0 radical (unpaired) electrons. The molecule has 2 aromatic carbocycles. The van der Waals surface area contributed by atoms with Crippen LogP contribution in [0.4, 0.5) is 11.4 Å². The lowest BCUT2D eigenvalue weighted by atomic mass is 10.2. The Labute approximate surface area is 196 Å². The average Bonchev–Trinajstić information content (AvgIpc) is 3.11. The van der Waals surface area contributed by atoms with E-state index in [1.165, 1.54) is 18.2 Å². The van der Waals surface area contributed by atoms with Crippen LogP contribution in [0.5, 0.6) is 0 Å². The number of amides is 2. The fourth-order valence-corrected chi connectivity index (χ4v) is 3.68. The van der Waals surface area contributed by atoms with Gasteiger partial charge in [-0.15, -0.1) is 10.2 Å². The first-order valence-electron chi connectivity index (χ1n) is 9.04. The number of halogens is 2. The molecule has 1 heterocycles. The van der Waals surface area contributed by atoms with Gasteiger partial charge in [-0.2, -0.15) is 0 Å². The third kappa shape index (κ3) is 5.75. The quantitative estimate of drug-likeness (QED) is 0.277. The van der Waals surface area contributed by atoms with Crippen LogP contribution >= 0.6 is 35.0 Å². The Morgan fingerprint density at radius 2 is 1.91 bits per heavy atom. The number of hydrogen-bond acceptors (Lipinski definition) is 7. The molecule has 0 saturated carbocycles.